The summed E-state index contributed by atoms with van der Waals surface area (Å²) in [6.07, 6.45) is 5.35. The molecule has 0 radical (unpaired) electrons. The summed E-state index contributed by atoms with van der Waals surface area (Å²) in [6.45, 7) is 0. The van der Waals surface area contributed by atoms with Crippen LogP contribution >= 0.6 is 15.9 Å². The molecule has 0 aromatic carbocycles. The van der Waals surface area contributed by atoms with Gasteiger partial charge in [-0.1, -0.05) is 0 Å². The molecule has 3 nitrogen and oxygen atoms in total. The molecule has 1 saturated carbocycles. The second-order valence-corrected chi connectivity index (χ2v) is 3.54. The summed E-state index contributed by atoms with van der Waals surface area (Å²) in [5.74, 6) is 0. The van der Waals surface area contributed by atoms with E-state index in [2.05, 4.69) is 20.9 Å². The summed E-state index contributed by atoms with van der Waals surface area (Å²) >= 11 is 3.15. The minimum Gasteiger partial charge on any atom is -0.295 e. The number of halogens is 1. The van der Waals surface area contributed by atoms with Crippen molar-refractivity contribution in [2.24, 2.45) is 0 Å². The molecule has 0 N–H and O–H groups in total. The lowest BCUT2D eigenvalue weighted by molar-refractivity contribution is 0.683. The van der Waals surface area contributed by atoms with Crippen molar-refractivity contribution in [2.45, 2.75) is 18.9 Å². The van der Waals surface area contributed by atoms with Gasteiger partial charge in [0.1, 0.15) is 4.47 Å². The number of nitrogens with zero attached hydrogens (tertiary/aromatic N) is 2. The van der Waals surface area contributed by atoms with Crippen LogP contribution in [0.4, 0.5) is 0 Å². The quantitative estimate of drug-likeness (QED) is 0.708. The third kappa shape index (κ3) is 1.22. The molecule has 1 aliphatic rings. The lowest BCUT2D eigenvalue weighted by Crippen LogP contribution is -2.19. The lowest BCUT2D eigenvalue weighted by Gasteiger charge is -2.00. The fourth-order valence-corrected chi connectivity index (χ4v) is 1.34. The van der Waals surface area contributed by atoms with Crippen LogP contribution in [0.1, 0.15) is 18.9 Å². The molecular formula is C7H7BrN2O. The molecule has 0 spiro atoms. The standard InChI is InChI=1S/C7H7BrN2O/c8-6-3-9-4-10(7(6)11)5-1-2-5/h3-5H,1-2H2. The Balaban J connectivity index is 2.54. The van der Waals surface area contributed by atoms with Gasteiger partial charge >= 0.3 is 0 Å². The highest BCUT2D eigenvalue weighted by Gasteiger charge is 2.24. The molecule has 0 atom stereocenters. The summed E-state index contributed by atoms with van der Waals surface area (Å²) in [4.78, 5) is 15.2. The molecule has 2 rings (SSSR count). The highest BCUT2D eigenvalue weighted by molar-refractivity contribution is 9.10. The first-order valence-electron chi connectivity index (χ1n) is 3.50. The van der Waals surface area contributed by atoms with E-state index in [4.69, 9.17) is 0 Å². The minimum absolute atomic E-state index is 0.0301. The maximum atomic E-state index is 11.3. The number of hydrogen-bond acceptors (Lipinski definition) is 2. The summed E-state index contributed by atoms with van der Waals surface area (Å²) in [6, 6.07) is 0.410. The number of rotatable bonds is 1. The van der Waals surface area contributed by atoms with Crippen LogP contribution in [0.25, 0.3) is 0 Å². The van der Waals surface area contributed by atoms with Gasteiger partial charge in [0, 0.05) is 12.2 Å². The maximum Gasteiger partial charge on any atom is 0.267 e. The van der Waals surface area contributed by atoms with Crippen molar-refractivity contribution in [1.82, 2.24) is 9.55 Å². The molecule has 0 unspecified atom stereocenters. The molecule has 0 aliphatic heterocycles. The van der Waals surface area contributed by atoms with Crippen LogP contribution in [0.5, 0.6) is 0 Å². The minimum atomic E-state index is 0.0301. The van der Waals surface area contributed by atoms with Gasteiger partial charge in [0.2, 0.25) is 0 Å². The Morgan fingerprint density at radius 2 is 2.36 bits per heavy atom. The molecule has 1 fully saturated rings. The monoisotopic (exact) mass is 214 g/mol. The van der Waals surface area contributed by atoms with E-state index in [-0.39, 0.29) is 5.56 Å². The van der Waals surface area contributed by atoms with Gasteiger partial charge in [0.15, 0.2) is 0 Å². The molecule has 1 aromatic heterocycles. The molecular weight excluding hydrogens is 208 g/mol. The third-order valence-electron chi connectivity index (χ3n) is 1.76. The van der Waals surface area contributed by atoms with Crippen molar-refractivity contribution in [3.63, 3.8) is 0 Å². The van der Waals surface area contributed by atoms with Crippen LogP contribution in [0.15, 0.2) is 21.8 Å². The fourth-order valence-electron chi connectivity index (χ4n) is 1.01. The molecule has 0 saturated heterocycles. The van der Waals surface area contributed by atoms with Crippen LogP contribution in [-0.4, -0.2) is 9.55 Å². The summed E-state index contributed by atoms with van der Waals surface area (Å²) < 4.78 is 2.23. The zero-order valence-corrected chi connectivity index (χ0v) is 7.41. The van der Waals surface area contributed by atoms with Crippen molar-refractivity contribution < 1.29 is 0 Å². The van der Waals surface area contributed by atoms with E-state index in [1.54, 1.807) is 10.9 Å². The van der Waals surface area contributed by atoms with Gasteiger partial charge in [-0.2, -0.15) is 0 Å². The predicted octanol–water partition coefficient (Wildman–Crippen LogP) is 1.34. The first kappa shape index (κ1) is 7.03. The smallest absolute Gasteiger partial charge is 0.267 e. The predicted molar refractivity (Wildman–Crippen MR) is 44.5 cm³/mol. The van der Waals surface area contributed by atoms with Crippen molar-refractivity contribution in [3.8, 4) is 0 Å². The first-order chi connectivity index (χ1) is 5.29. The maximum absolute atomic E-state index is 11.3. The van der Waals surface area contributed by atoms with Gasteiger partial charge in [-0.05, 0) is 28.8 Å². The van der Waals surface area contributed by atoms with E-state index in [1.807, 2.05) is 0 Å². The number of hydrogen-bond donors (Lipinski definition) is 0. The highest BCUT2D eigenvalue weighted by atomic mass is 79.9. The van der Waals surface area contributed by atoms with E-state index in [0.717, 1.165) is 12.8 Å². The Bertz CT molecular complexity index is 329. The second kappa shape index (κ2) is 2.44. The second-order valence-electron chi connectivity index (χ2n) is 2.69. The lowest BCUT2D eigenvalue weighted by atomic mass is 10.6. The van der Waals surface area contributed by atoms with Gasteiger partial charge in [-0.25, -0.2) is 4.98 Å². The van der Waals surface area contributed by atoms with Crippen LogP contribution in [0, 0.1) is 0 Å². The normalized spacial score (nSPS) is 16.8. The first-order valence-corrected chi connectivity index (χ1v) is 4.30. The molecule has 58 valence electrons. The Morgan fingerprint density at radius 1 is 1.64 bits per heavy atom. The van der Waals surface area contributed by atoms with Crippen LogP contribution in [0.2, 0.25) is 0 Å². The van der Waals surface area contributed by atoms with E-state index in [9.17, 15) is 4.79 Å². The Hall–Kier alpha value is -0.640. The van der Waals surface area contributed by atoms with Crippen molar-refractivity contribution in [3.05, 3.63) is 27.4 Å². The van der Waals surface area contributed by atoms with Gasteiger partial charge in [0.05, 0.1) is 6.33 Å². The van der Waals surface area contributed by atoms with Gasteiger partial charge < -0.3 is 0 Å². The molecule has 1 heterocycles. The zero-order valence-electron chi connectivity index (χ0n) is 5.83. The summed E-state index contributed by atoms with van der Waals surface area (Å²) in [5, 5.41) is 0. The molecule has 1 aliphatic carbocycles. The van der Waals surface area contributed by atoms with E-state index >= 15 is 0 Å². The Morgan fingerprint density at radius 3 is 3.00 bits per heavy atom. The van der Waals surface area contributed by atoms with Crippen LogP contribution < -0.4 is 5.56 Å². The zero-order chi connectivity index (χ0) is 7.84. The SMILES string of the molecule is O=c1c(Br)cncn1C1CC1. The Kier molecular flexibility index (Phi) is 1.56. The van der Waals surface area contributed by atoms with Crippen LogP contribution in [0.3, 0.4) is 0 Å². The van der Waals surface area contributed by atoms with Crippen molar-refractivity contribution >= 4 is 15.9 Å². The molecule has 0 bridgehead atoms. The average molecular weight is 215 g/mol. The topological polar surface area (TPSA) is 34.9 Å². The summed E-state index contributed by atoms with van der Waals surface area (Å²) in [7, 11) is 0. The van der Waals surface area contributed by atoms with E-state index < -0.39 is 0 Å². The van der Waals surface area contributed by atoms with Gasteiger partial charge in [0.25, 0.3) is 5.56 Å². The Labute approximate surface area is 72.2 Å². The largest absolute Gasteiger partial charge is 0.295 e. The van der Waals surface area contributed by atoms with E-state index in [1.165, 1.54) is 6.20 Å². The highest BCUT2D eigenvalue weighted by Crippen LogP contribution is 2.33. The van der Waals surface area contributed by atoms with Crippen LogP contribution in [-0.2, 0) is 0 Å². The van der Waals surface area contributed by atoms with Crippen molar-refractivity contribution in [2.75, 3.05) is 0 Å². The molecule has 4 heteroatoms. The summed E-state index contributed by atoms with van der Waals surface area (Å²) in [5.41, 5.74) is 0.0301. The fraction of sp³-hybridized carbons (Fsp3) is 0.429. The average Bonchev–Trinajstić information content (AvgIpc) is 2.77. The van der Waals surface area contributed by atoms with Crippen molar-refractivity contribution in [1.29, 1.82) is 0 Å². The van der Waals surface area contributed by atoms with Gasteiger partial charge in [-0.3, -0.25) is 9.36 Å². The number of aromatic nitrogens is 2. The van der Waals surface area contributed by atoms with Gasteiger partial charge in [-0.15, -0.1) is 0 Å². The third-order valence-corrected chi connectivity index (χ3v) is 2.30. The molecule has 1 aromatic rings. The molecule has 0 amide bonds. The van der Waals surface area contributed by atoms with E-state index in [0.29, 0.717) is 10.5 Å². The molecule has 11 heavy (non-hydrogen) atoms.